The zero-order valence-electron chi connectivity index (χ0n) is 17.0. The molecule has 7 nitrogen and oxygen atoms in total. The number of piperidine rings is 1. The first-order valence-electron chi connectivity index (χ1n) is 10.5. The molecule has 0 N–H and O–H groups in total. The second-order valence-corrected chi connectivity index (χ2v) is 9.62. The van der Waals surface area contributed by atoms with Crippen LogP contribution in [0.3, 0.4) is 0 Å². The third kappa shape index (κ3) is 5.17. The van der Waals surface area contributed by atoms with Gasteiger partial charge in [0.15, 0.2) is 0 Å². The summed E-state index contributed by atoms with van der Waals surface area (Å²) in [6, 6.07) is 6.17. The minimum absolute atomic E-state index is 0.183. The van der Waals surface area contributed by atoms with Crippen molar-refractivity contribution in [2.24, 2.45) is 5.92 Å². The Morgan fingerprint density at radius 1 is 1.00 bits per heavy atom. The van der Waals surface area contributed by atoms with Gasteiger partial charge in [0.1, 0.15) is 0 Å². The van der Waals surface area contributed by atoms with E-state index in [9.17, 15) is 18.0 Å². The van der Waals surface area contributed by atoms with E-state index in [-0.39, 0.29) is 22.7 Å². The molecule has 1 amide bonds. The molecule has 29 heavy (non-hydrogen) atoms. The number of carbonyl (C=O) groups excluding carboxylic acids is 2. The van der Waals surface area contributed by atoms with Crippen LogP contribution >= 0.6 is 0 Å². The van der Waals surface area contributed by atoms with Crippen molar-refractivity contribution in [3.8, 4) is 0 Å². The van der Waals surface area contributed by atoms with Crippen LogP contribution in [-0.4, -0.2) is 62.3 Å². The number of rotatable bonds is 5. The van der Waals surface area contributed by atoms with Gasteiger partial charge in [0.25, 0.3) is 5.91 Å². The lowest BCUT2D eigenvalue weighted by molar-refractivity contribution is -0.149. The van der Waals surface area contributed by atoms with Gasteiger partial charge in [-0.3, -0.25) is 9.59 Å². The first-order chi connectivity index (χ1) is 13.9. The van der Waals surface area contributed by atoms with Crippen LogP contribution < -0.4 is 0 Å². The predicted molar refractivity (Wildman–Crippen MR) is 109 cm³/mol. The molecule has 0 spiro atoms. The number of likely N-dealkylation sites (tertiary alicyclic amines) is 1. The summed E-state index contributed by atoms with van der Waals surface area (Å²) in [7, 11) is -3.53. The molecule has 0 aliphatic carbocycles. The zero-order valence-corrected chi connectivity index (χ0v) is 17.8. The minimum Gasteiger partial charge on any atom is -0.466 e. The van der Waals surface area contributed by atoms with Crippen molar-refractivity contribution in [1.82, 2.24) is 9.21 Å². The van der Waals surface area contributed by atoms with Gasteiger partial charge in [0.2, 0.25) is 10.0 Å². The van der Waals surface area contributed by atoms with E-state index in [0.717, 1.165) is 38.5 Å². The van der Waals surface area contributed by atoms with Gasteiger partial charge in [0.05, 0.1) is 17.4 Å². The number of benzene rings is 1. The largest absolute Gasteiger partial charge is 0.466 e. The van der Waals surface area contributed by atoms with Crippen LogP contribution in [0.5, 0.6) is 0 Å². The zero-order chi connectivity index (χ0) is 20.9. The Morgan fingerprint density at radius 2 is 1.66 bits per heavy atom. The molecule has 1 atom stereocenters. The quantitative estimate of drug-likeness (QED) is 0.681. The maximum absolute atomic E-state index is 12.9. The summed E-state index contributed by atoms with van der Waals surface area (Å²) in [5.74, 6) is -0.739. The second-order valence-electron chi connectivity index (χ2n) is 7.69. The van der Waals surface area contributed by atoms with Gasteiger partial charge < -0.3 is 9.64 Å². The van der Waals surface area contributed by atoms with Crippen molar-refractivity contribution in [2.45, 2.75) is 50.3 Å². The second kappa shape index (κ2) is 9.71. The number of esters is 1. The van der Waals surface area contributed by atoms with E-state index in [1.165, 1.54) is 12.1 Å². The molecule has 2 aliphatic heterocycles. The fourth-order valence-corrected chi connectivity index (χ4v) is 5.51. The van der Waals surface area contributed by atoms with Crippen molar-refractivity contribution in [3.63, 3.8) is 0 Å². The summed E-state index contributed by atoms with van der Waals surface area (Å²) in [6.07, 6.45) is 5.34. The summed E-state index contributed by atoms with van der Waals surface area (Å²) in [5.41, 5.74) is 0.435. The van der Waals surface area contributed by atoms with E-state index in [2.05, 4.69) is 0 Å². The van der Waals surface area contributed by atoms with E-state index in [1.54, 1.807) is 28.3 Å². The smallest absolute Gasteiger partial charge is 0.310 e. The normalized spacial score (nSPS) is 21.4. The molecule has 1 aromatic carbocycles. The summed E-state index contributed by atoms with van der Waals surface area (Å²) < 4.78 is 32.4. The topological polar surface area (TPSA) is 84.0 Å². The number of amides is 1. The van der Waals surface area contributed by atoms with Crippen LogP contribution in [0.15, 0.2) is 29.2 Å². The molecule has 2 heterocycles. The lowest BCUT2D eigenvalue weighted by Gasteiger charge is -2.31. The first-order valence-corrected chi connectivity index (χ1v) is 11.9. The number of hydrogen-bond acceptors (Lipinski definition) is 5. The first kappa shape index (κ1) is 21.8. The molecule has 160 valence electrons. The van der Waals surface area contributed by atoms with Gasteiger partial charge in [-0.25, -0.2) is 8.42 Å². The average molecular weight is 423 g/mol. The molecule has 0 unspecified atom stereocenters. The molecule has 1 aromatic rings. The van der Waals surface area contributed by atoms with E-state index in [1.807, 2.05) is 0 Å². The molecule has 2 aliphatic rings. The van der Waals surface area contributed by atoms with Gasteiger partial charge in [-0.2, -0.15) is 4.31 Å². The lowest BCUT2D eigenvalue weighted by Crippen LogP contribution is -2.42. The van der Waals surface area contributed by atoms with Crippen molar-refractivity contribution in [2.75, 3.05) is 32.8 Å². The van der Waals surface area contributed by atoms with Crippen molar-refractivity contribution in [1.29, 1.82) is 0 Å². The molecule has 0 radical (unpaired) electrons. The Balaban J connectivity index is 1.69. The lowest BCUT2D eigenvalue weighted by atomic mass is 9.97. The molecule has 0 bridgehead atoms. The average Bonchev–Trinajstić information content (AvgIpc) is 3.04. The van der Waals surface area contributed by atoms with Crippen molar-refractivity contribution in [3.05, 3.63) is 29.8 Å². The fourth-order valence-electron chi connectivity index (χ4n) is 4.00. The van der Waals surface area contributed by atoms with Gasteiger partial charge in [0, 0.05) is 31.7 Å². The van der Waals surface area contributed by atoms with Crippen molar-refractivity contribution < 1.29 is 22.7 Å². The number of nitrogens with zero attached hydrogens (tertiary/aromatic N) is 2. The Labute approximate surface area is 173 Å². The van der Waals surface area contributed by atoms with E-state index in [0.29, 0.717) is 38.3 Å². The van der Waals surface area contributed by atoms with Crippen LogP contribution in [0.25, 0.3) is 0 Å². The standard InChI is InChI=1S/C21H30N2O5S/c1-2-28-21(25)18-8-7-13-22(16-18)20(24)17-9-11-19(12-10-17)29(26,27)23-14-5-3-4-6-15-23/h9-12,18H,2-8,13-16H2,1H3/t18-/m0/s1. The maximum Gasteiger partial charge on any atom is 0.310 e. The minimum atomic E-state index is -3.53. The monoisotopic (exact) mass is 422 g/mol. The Bertz CT molecular complexity index is 814. The van der Waals surface area contributed by atoms with Gasteiger partial charge in [-0.15, -0.1) is 0 Å². The van der Waals surface area contributed by atoms with Crippen LogP contribution in [0, 0.1) is 5.92 Å². The Hall–Kier alpha value is -1.93. The fraction of sp³-hybridized carbons (Fsp3) is 0.619. The molecule has 0 saturated carbocycles. The Kier molecular flexibility index (Phi) is 7.29. The summed E-state index contributed by atoms with van der Waals surface area (Å²) in [4.78, 5) is 26.7. The van der Waals surface area contributed by atoms with Gasteiger partial charge in [-0.1, -0.05) is 12.8 Å². The maximum atomic E-state index is 12.9. The summed E-state index contributed by atoms with van der Waals surface area (Å²) in [5, 5.41) is 0. The number of carbonyl (C=O) groups is 2. The number of sulfonamides is 1. The van der Waals surface area contributed by atoms with Crippen molar-refractivity contribution >= 4 is 21.9 Å². The van der Waals surface area contributed by atoms with E-state index < -0.39 is 10.0 Å². The van der Waals surface area contributed by atoms with E-state index in [4.69, 9.17) is 4.74 Å². The SMILES string of the molecule is CCOC(=O)[C@H]1CCCN(C(=O)c2ccc(S(=O)(=O)N3CCCCCC3)cc2)C1. The predicted octanol–water partition coefficient (Wildman–Crippen LogP) is 2.67. The highest BCUT2D eigenvalue weighted by Crippen LogP contribution is 2.23. The number of hydrogen-bond donors (Lipinski definition) is 0. The van der Waals surface area contributed by atoms with Gasteiger partial charge in [-0.05, 0) is 56.9 Å². The molecular formula is C21H30N2O5S. The molecule has 0 aromatic heterocycles. The van der Waals surface area contributed by atoms with Crippen LogP contribution in [0.2, 0.25) is 0 Å². The molecule has 8 heteroatoms. The van der Waals surface area contributed by atoms with Crippen LogP contribution in [0.4, 0.5) is 0 Å². The Morgan fingerprint density at radius 3 is 2.28 bits per heavy atom. The van der Waals surface area contributed by atoms with Gasteiger partial charge >= 0.3 is 5.97 Å². The molecular weight excluding hydrogens is 392 g/mol. The molecule has 2 saturated heterocycles. The summed E-state index contributed by atoms with van der Waals surface area (Å²) in [6.45, 7) is 4.12. The van der Waals surface area contributed by atoms with Crippen LogP contribution in [0.1, 0.15) is 55.8 Å². The highest BCUT2D eigenvalue weighted by molar-refractivity contribution is 7.89. The molecule has 2 fully saturated rings. The highest BCUT2D eigenvalue weighted by Gasteiger charge is 2.30. The van der Waals surface area contributed by atoms with Crippen LogP contribution in [-0.2, 0) is 19.6 Å². The third-order valence-corrected chi connectivity index (χ3v) is 7.55. The third-order valence-electron chi connectivity index (χ3n) is 5.63. The van der Waals surface area contributed by atoms with E-state index >= 15 is 0 Å². The highest BCUT2D eigenvalue weighted by atomic mass is 32.2. The molecule has 3 rings (SSSR count). The number of ether oxygens (including phenoxy) is 1. The summed E-state index contributed by atoms with van der Waals surface area (Å²) >= 11 is 0.